The first-order chi connectivity index (χ1) is 26.9. The maximum absolute atomic E-state index is 2.41. The Bertz CT molecular complexity index is 2960. The summed E-state index contributed by atoms with van der Waals surface area (Å²) in [6.07, 6.45) is 0. The molecule has 10 aromatic rings. The Kier molecular flexibility index (Phi) is 7.78. The van der Waals surface area contributed by atoms with Crippen molar-refractivity contribution in [2.45, 2.75) is 26.2 Å². The van der Waals surface area contributed by atoms with E-state index in [0.717, 1.165) is 5.69 Å². The highest BCUT2D eigenvalue weighted by Crippen LogP contribution is 2.44. The van der Waals surface area contributed by atoms with Crippen molar-refractivity contribution in [2.75, 3.05) is 0 Å². The number of aromatic nitrogens is 1. The molecule has 0 aliphatic heterocycles. The Morgan fingerprint density at radius 1 is 0.309 bits per heavy atom. The fraction of sp³-hybridized carbons (Fsp3) is 0.0741. The van der Waals surface area contributed by atoms with Gasteiger partial charge in [0.2, 0.25) is 0 Å². The normalized spacial score (nSPS) is 11.9. The average molecular weight is 704 g/mol. The van der Waals surface area contributed by atoms with Crippen LogP contribution in [-0.2, 0) is 5.41 Å². The van der Waals surface area contributed by atoms with Gasteiger partial charge in [-0.1, -0.05) is 185 Å². The fourth-order valence-corrected chi connectivity index (χ4v) is 8.58. The van der Waals surface area contributed by atoms with Gasteiger partial charge in [0.25, 0.3) is 0 Å². The van der Waals surface area contributed by atoms with E-state index in [-0.39, 0.29) is 5.41 Å². The molecule has 0 aliphatic carbocycles. The highest BCUT2D eigenvalue weighted by molar-refractivity contribution is 6.21. The Balaban J connectivity index is 1.05. The van der Waals surface area contributed by atoms with E-state index in [0.29, 0.717) is 0 Å². The van der Waals surface area contributed by atoms with Crippen LogP contribution in [0, 0.1) is 0 Å². The minimum atomic E-state index is 0.147. The highest BCUT2D eigenvalue weighted by Gasteiger charge is 2.18. The van der Waals surface area contributed by atoms with Crippen LogP contribution in [0.2, 0.25) is 0 Å². The van der Waals surface area contributed by atoms with E-state index in [1.54, 1.807) is 0 Å². The van der Waals surface area contributed by atoms with Crippen LogP contribution in [0.5, 0.6) is 0 Å². The first kappa shape index (κ1) is 32.9. The number of fused-ring (bicyclic) bond motifs is 5. The molecule has 0 amide bonds. The summed E-state index contributed by atoms with van der Waals surface area (Å²) in [5.74, 6) is 0. The third-order valence-corrected chi connectivity index (χ3v) is 11.4. The zero-order chi connectivity index (χ0) is 37.1. The van der Waals surface area contributed by atoms with Crippen LogP contribution in [0.4, 0.5) is 0 Å². The molecule has 10 rings (SSSR count). The van der Waals surface area contributed by atoms with Crippen molar-refractivity contribution in [1.29, 1.82) is 0 Å². The van der Waals surface area contributed by atoms with E-state index in [9.17, 15) is 0 Å². The van der Waals surface area contributed by atoms with Crippen molar-refractivity contribution in [2.24, 2.45) is 0 Å². The zero-order valence-corrected chi connectivity index (χ0v) is 31.4. The molecule has 0 bridgehead atoms. The molecule has 0 fully saturated rings. The van der Waals surface area contributed by atoms with Crippen molar-refractivity contribution in [3.8, 4) is 50.2 Å². The summed E-state index contributed by atoms with van der Waals surface area (Å²) in [5.41, 5.74) is 15.0. The number of rotatable bonds is 5. The Hall–Kier alpha value is -6.70. The van der Waals surface area contributed by atoms with Gasteiger partial charge in [0.05, 0.1) is 11.0 Å². The second-order valence-corrected chi connectivity index (χ2v) is 15.7. The number of benzene rings is 9. The van der Waals surface area contributed by atoms with Gasteiger partial charge in [-0.15, -0.1) is 0 Å². The third-order valence-electron chi connectivity index (χ3n) is 11.4. The van der Waals surface area contributed by atoms with Gasteiger partial charge in [-0.25, -0.2) is 0 Å². The molecule has 55 heavy (non-hydrogen) atoms. The van der Waals surface area contributed by atoms with E-state index in [2.05, 4.69) is 219 Å². The molecular weight excluding hydrogens is 663 g/mol. The van der Waals surface area contributed by atoms with Gasteiger partial charge in [0.15, 0.2) is 0 Å². The van der Waals surface area contributed by atoms with Crippen LogP contribution in [0.15, 0.2) is 194 Å². The van der Waals surface area contributed by atoms with Gasteiger partial charge >= 0.3 is 0 Å². The number of hydrogen-bond donors (Lipinski definition) is 0. The molecule has 0 radical (unpaired) electrons. The van der Waals surface area contributed by atoms with Crippen LogP contribution in [-0.4, -0.2) is 4.57 Å². The molecule has 0 atom stereocenters. The van der Waals surface area contributed by atoms with E-state index in [1.165, 1.54) is 93.4 Å². The fourth-order valence-electron chi connectivity index (χ4n) is 8.58. The third kappa shape index (κ3) is 5.63. The topological polar surface area (TPSA) is 4.93 Å². The molecule has 0 saturated heterocycles. The van der Waals surface area contributed by atoms with Crippen molar-refractivity contribution in [1.82, 2.24) is 4.57 Å². The first-order valence-corrected chi connectivity index (χ1v) is 19.3. The highest BCUT2D eigenvalue weighted by atomic mass is 15.0. The predicted molar refractivity (Wildman–Crippen MR) is 236 cm³/mol. The number of para-hydroxylation sites is 1. The van der Waals surface area contributed by atoms with Gasteiger partial charge in [0, 0.05) is 16.5 Å². The lowest BCUT2D eigenvalue weighted by Gasteiger charge is -2.19. The number of nitrogens with zero attached hydrogens (tertiary/aromatic N) is 1. The largest absolute Gasteiger partial charge is 0.309 e. The van der Waals surface area contributed by atoms with Crippen molar-refractivity contribution in [3.05, 3.63) is 200 Å². The van der Waals surface area contributed by atoms with Gasteiger partial charge in [-0.2, -0.15) is 0 Å². The smallest absolute Gasteiger partial charge is 0.0541 e. The second kappa shape index (κ2) is 13.0. The standard InChI is InChI=1S/C54H41N/c1-54(2,3)42-30-25-37(26-31-42)36-21-23-38(24-22-36)41-29-34-51-49(35-41)44-15-11-12-20-50(44)55(51)43-32-27-40(28-33-43)53-47-18-9-7-16-45(47)52(39-13-5-4-6-14-39)46-17-8-10-19-48(46)53/h4-35H,1-3H3. The maximum atomic E-state index is 2.41. The monoisotopic (exact) mass is 703 g/mol. The molecule has 1 nitrogen and oxygen atoms in total. The summed E-state index contributed by atoms with van der Waals surface area (Å²) >= 11 is 0. The van der Waals surface area contributed by atoms with Gasteiger partial charge in [-0.05, 0) is 107 Å². The molecule has 0 spiro atoms. The van der Waals surface area contributed by atoms with E-state index >= 15 is 0 Å². The maximum Gasteiger partial charge on any atom is 0.0541 e. The number of hydrogen-bond acceptors (Lipinski definition) is 0. The summed E-state index contributed by atoms with van der Waals surface area (Å²) in [7, 11) is 0. The molecule has 0 aliphatic rings. The Labute approximate surface area is 322 Å². The molecule has 9 aromatic carbocycles. The Morgan fingerprint density at radius 2 is 0.709 bits per heavy atom. The molecule has 0 unspecified atom stereocenters. The Morgan fingerprint density at radius 3 is 1.25 bits per heavy atom. The molecule has 262 valence electrons. The van der Waals surface area contributed by atoms with Crippen molar-refractivity contribution >= 4 is 43.4 Å². The molecule has 1 heteroatoms. The molecule has 0 saturated carbocycles. The van der Waals surface area contributed by atoms with Crippen molar-refractivity contribution < 1.29 is 0 Å². The van der Waals surface area contributed by atoms with Crippen LogP contribution >= 0.6 is 0 Å². The molecule has 1 heterocycles. The summed E-state index contributed by atoms with van der Waals surface area (Å²) in [6.45, 7) is 6.78. The first-order valence-electron chi connectivity index (χ1n) is 19.3. The zero-order valence-electron chi connectivity index (χ0n) is 31.4. The van der Waals surface area contributed by atoms with Gasteiger partial charge in [-0.3, -0.25) is 0 Å². The van der Waals surface area contributed by atoms with Crippen LogP contribution < -0.4 is 0 Å². The van der Waals surface area contributed by atoms with Crippen molar-refractivity contribution in [3.63, 3.8) is 0 Å². The molecule has 0 N–H and O–H groups in total. The summed E-state index contributed by atoms with van der Waals surface area (Å²) in [6, 6.07) is 71.5. The summed E-state index contributed by atoms with van der Waals surface area (Å²) in [4.78, 5) is 0. The quantitative estimate of drug-likeness (QED) is 0.157. The lowest BCUT2D eigenvalue weighted by Crippen LogP contribution is -2.10. The minimum Gasteiger partial charge on any atom is -0.309 e. The van der Waals surface area contributed by atoms with Crippen LogP contribution in [0.1, 0.15) is 26.3 Å². The minimum absolute atomic E-state index is 0.147. The molecular formula is C54H41N. The van der Waals surface area contributed by atoms with E-state index < -0.39 is 0 Å². The van der Waals surface area contributed by atoms with Crippen LogP contribution in [0.25, 0.3) is 93.5 Å². The predicted octanol–water partition coefficient (Wildman–Crippen LogP) is 15.1. The summed E-state index contributed by atoms with van der Waals surface area (Å²) < 4.78 is 2.41. The lowest BCUT2D eigenvalue weighted by atomic mass is 9.86. The average Bonchev–Trinajstić information content (AvgIpc) is 3.56. The summed E-state index contributed by atoms with van der Waals surface area (Å²) in [5, 5.41) is 7.59. The lowest BCUT2D eigenvalue weighted by molar-refractivity contribution is 0.590. The van der Waals surface area contributed by atoms with Gasteiger partial charge < -0.3 is 4.57 Å². The van der Waals surface area contributed by atoms with E-state index in [4.69, 9.17) is 0 Å². The second-order valence-electron chi connectivity index (χ2n) is 15.7. The van der Waals surface area contributed by atoms with Gasteiger partial charge in [0.1, 0.15) is 0 Å². The molecule has 1 aromatic heterocycles. The van der Waals surface area contributed by atoms with E-state index in [1.807, 2.05) is 0 Å². The SMILES string of the molecule is CC(C)(C)c1ccc(-c2ccc(-c3ccc4c(c3)c3ccccc3n4-c3ccc(-c4c5ccccc5c(-c5ccccc5)c5ccccc45)cc3)cc2)cc1. The van der Waals surface area contributed by atoms with Crippen LogP contribution in [0.3, 0.4) is 0 Å².